The van der Waals surface area contributed by atoms with Crippen molar-refractivity contribution in [2.45, 2.75) is 44.6 Å². The van der Waals surface area contributed by atoms with E-state index in [0.717, 1.165) is 25.8 Å². The fraction of sp³-hybridized carbons (Fsp3) is 0.688. The van der Waals surface area contributed by atoms with Gasteiger partial charge in [-0.25, -0.2) is 0 Å². The van der Waals surface area contributed by atoms with Crippen LogP contribution >= 0.6 is 0 Å². The first-order valence-electron chi connectivity index (χ1n) is 8.09. The molecule has 1 unspecified atom stereocenters. The second-order valence-electron chi connectivity index (χ2n) is 6.06. The molecule has 3 rings (SSSR count). The van der Waals surface area contributed by atoms with Crippen molar-refractivity contribution in [1.29, 1.82) is 0 Å². The highest BCUT2D eigenvalue weighted by molar-refractivity contribution is 5.79. The van der Waals surface area contributed by atoms with Crippen molar-refractivity contribution in [3.8, 4) is 11.8 Å². The fourth-order valence-electron chi connectivity index (χ4n) is 3.28. The molecule has 120 valence electrons. The molecular formula is C16H23N3O3. The Morgan fingerprint density at radius 1 is 1.14 bits per heavy atom. The lowest BCUT2D eigenvalue weighted by Gasteiger charge is -2.26. The summed E-state index contributed by atoms with van der Waals surface area (Å²) < 4.78 is 10.8. The van der Waals surface area contributed by atoms with E-state index in [0.29, 0.717) is 24.2 Å². The van der Waals surface area contributed by atoms with Crippen molar-refractivity contribution in [3.63, 3.8) is 0 Å². The van der Waals surface area contributed by atoms with Crippen LogP contribution in [0.1, 0.15) is 38.5 Å². The highest BCUT2D eigenvalue weighted by Gasteiger charge is 2.32. The molecular weight excluding hydrogens is 282 g/mol. The molecule has 2 fully saturated rings. The first-order chi connectivity index (χ1) is 10.8. The molecule has 0 radical (unpaired) electrons. The number of nitrogens with zero attached hydrogens (tertiary/aromatic N) is 3. The van der Waals surface area contributed by atoms with E-state index in [1.165, 1.54) is 19.3 Å². The van der Waals surface area contributed by atoms with Crippen molar-refractivity contribution in [2.24, 2.45) is 5.92 Å². The summed E-state index contributed by atoms with van der Waals surface area (Å²) in [6, 6.07) is 3.47. The Morgan fingerprint density at radius 3 is 2.55 bits per heavy atom. The number of likely N-dealkylation sites (tertiary alicyclic amines) is 1. The van der Waals surface area contributed by atoms with Gasteiger partial charge in [-0.3, -0.25) is 4.79 Å². The highest BCUT2D eigenvalue weighted by Crippen LogP contribution is 2.27. The minimum absolute atomic E-state index is 0.00948. The Morgan fingerprint density at radius 2 is 1.86 bits per heavy atom. The van der Waals surface area contributed by atoms with E-state index < -0.39 is 0 Å². The van der Waals surface area contributed by atoms with Gasteiger partial charge in [-0.15, -0.1) is 10.2 Å². The molecule has 1 amide bonds. The largest absolute Gasteiger partial charge is 0.480 e. The normalized spacial score (nSPS) is 22.6. The number of aromatic nitrogens is 2. The number of amides is 1. The zero-order valence-corrected chi connectivity index (χ0v) is 13.0. The average Bonchev–Trinajstić information content (AvgIpc) is 3.04. The van der Waals surface area contributed by atoms with Crippen LogP contribution in [0, 0.1) is 5.92 Å². The molecule has 0 aromatic carbocycles. The lowest BCUT2D eigenvalue weighted by Crippen LogP contribution is -2.36. The maximum absolute atomic E-state index is 12.5. The summed E-state index contributed by atoms with van der Waals surface area (Å²) >= 11 is 0. The number of carbonyl (C=O) groups is 1. The van der Waals surface area contributed by atoms with Crippen molar-refractivity contribution in [3.05, 3.63) is 12.1 Å². The minimum Gasteiger partial charge on any atom is -0.480 e. The number of ether oxygens (including phenoxy) is 2. The van der Waals surface area contributed by atoms with Crippen LogP contribution in [0.15, 0.2) is 12.1 Å². The van der Waals surface area contributed by atoms with Crippen LogP contribution in [0.5, 0.6) is 11.8 Å². The predicted molar refractivity (Wildman–Crippen MR) is 80.8 cm³/mol. The Kier molecular flexibility index (Phi) is 4.75. The zero-order valence-electron chi connectivity index (χ0n) is 13.0. The van der Waals surface area contributed by atoms with E-state index in [-0.39, 0.29) is 12.0 Å². The van der Waals surface area contributed by atoms with E-state index >= 15 is 0 Å². The number of methoxy groups -OCH3 is 1. The fourth-order valence-corrected chi connectivity index (χ4v) is 3.28. The van der Waals surface area contributed by atoms with E-state index in [1.807, 2.05) is 4.90 Å². The molecule has 0 N–H and O–H groups in total. The van der Waals surface area contributed by atoms with Crippen LogP contribution in [0.2, 0.25) is 0 Å². The first kappa shape index (κ1) is 15.1. The minimum atomic E-state index is 0.00948. The maximum Gasteiger partial charge on any atom is 0.233 e. The van der Waals surface area contributed by atoms with Crippen LogP contribution in [0.25, 0.3) is 0 Å². The molecule has 1 atom stereocenters. The Labute approximate surface area is 130 Å². The molecule has 1 aromatic heterocycles. The molecule has 22 heavy (non-hydrogen) atoms. The van der Waals surface area contributed by atoms with Crippen LogP contribution in [0.4, 0.5) is 0 Å². The summed E-state index contributed by atoms with van der Waals surface area (Å²) in [5.41, 5.74) is 0. The van der Waals surface area contributed by atoms with E-state index in [1.54, 1.807) is 19.2 Å². The molecule has 0 bridgehead atoms. The summed E-state index contributed by atoms with van der Waals surface area (Å²) in [5.74, 6) is 1.49. The third kappa shape index (κ3) is 3.48. The van der Waals surface area contributed by atoms with Gasteiger partial charge in [0.2, 0.25) is 17.7 Å². The number of rotatable bonds is 4. The summed E-state index contributed by atoms with van der Waals surface area (Å²) in [5, 5.41) is 7.86. The molecule has 6 heteroatoms. The van der Waals surface area contributed by atoms with Crippen LogP contribution in [0.3, 0.4) is 0 Å². The standard InChI is InChI=1S/C16H23N3O3/c1-21-14-7-8-15(18-17-14)22-13-9-10-19(11-13)16(20)12-5-3-2-4-6-12/h7-8,12-13H,2-6,9-11H2,1H3. The van der Waals surface area contributed by atoms with Gasteiger partial charge in [0.1, 0.15) is 6.10 Å². The van der Waals surface area contributed by atoms with E-state index in [9.17, 15) is 4.79 Å². The van der Waals surface area contributed by atoms with Gasteiger partial charge >= 0.3 is 0 Å². The van der Waals surface area contributed by atoms with Gasteiger partial charge in [-0.1, -0.05) is 19.3 Å². The van der Waals surface area contributed by atoms with Gasteiger partial charge in [0.05, 0.1) is 13.7 Å². The lowest BCUT2D eigenvalue weighted by molar-refractivity contribution is -0.135. The second kappa shape index (κ2) is 6.94. The Hall–Kier alpha value is -1.85. The SMILES string of the molecule is COc1ccc(OC2CCN(C(=O)C3CCCCC3)C2)nn1. The number of hydrogen-bond donors (Lipinski definition) is 0. The van der Waals surface area contributed by atoms with Gasteiger partial charge in [0.25, 0.3) is 0 Å². The molecule has 6 nitrogen and oxygen atoms in total. The molecule has 1 aliphatic carbocycles. The van der Waals surface area contributed by atoms with E-state index in [4.69, 9.17) is 9.47 Å². The van der Waals surface area contributed by atoms with Crippen molar-refractivity contribution < 1.29 is 14.3 Å². The average molecular weight is 305 g/mol. The molecule has 1 saturated carbocycles. The topological polar surface area (TPSA) is 64.6 Å². The summed E-state index contributed by atoms with van der Waals surface area (Å²) in [6.07, 6.45) is 6.60. The Bertz CT molecular complexity index is 500. The van der Waals surface area contributed by atoms with Crippen molar-refractivity contribution >= 4 is 5.91 Å². The molecule has 0 spiro atoms. The van der Waals surface area contributed by atoms with Gasteiger partial charge < -0.3 is 14.4 Å². The predicted octanol–water partition coefficient (Wildman–Crippen LogP) is 2.05. The quantitative estimate of drug-likeness (QED) is 0.852. The van der Waals surface area contributed by atoms with E-state index in [2.05, 4.69) is 10.2 Å². The second-order valence-corrected chi connectivity index (χ2v) is 6.06. The number of carbonyl (C=O) groups excluding carboxylic acids is 1. The molecule has 1 aliphatic heterocycles. The molecule has 2 heterocycles. The Balaban J connectivity index is 1.51. The molecule has 2 aliphatic rings. The van der Waals surface area contributed by atoms with Gasteiger partial charge in [-0.05, 0) is 12.8 Å². The van der Waals surface area contributed by atoms with Crippen LogP contribution in [-0.4, -0.2) is 47.3 Å². The molecule has 1 saturated heterocycles. The lowest BCUT2D eigenvalue weighted by atomic mass is 9.88. The first-order valence-corrected chi connectivity index (χ1v) is 8.09. The third-order valence-electron chi connectivity index (χ3n) is 4.52. The summed E-state index contributed by atoms with van der Waals surface area (Å²) in [7, 11) is 1.55. The monoisotopic (exact) mass is 305 g/mol. The van der Waals surface area contributed by atoms with Gasteiger partial charge in [-0.2, -0.15) is 0 Å². The van der Waals surface area contributed by atoms with Gasteiger partial charge in [0, 0.05) is 31.0 Å². The zero-order chi connectivity index (χ0) is 15.4. The maximum atomic E-state index is 12.5. The van der Waals surface area contributed by atoms with Gasteiger partial charge in [0.15, 0.2) is 0 Å². The van der Waals surface area contributed by atoms with Crippen molar-refractivity contribution in [1.82, 2.24) is 15.1 Å². The third-order valence-corrected chi connectivity index (χ3v) is 4.52. The smallest absolute Gasteiger partial charge is 0.233 e. The van der Waals surface area contributed by atoms with Crippen LogP contribution < -0.4 is 9.47 Å². The van der Waals surface area contributed by atoms with Crippen molar-refractivity contribution in [2.75, 3.05) is 20.2 Å². The number of hydrogen-bond acceptors (Lipinski definition) is 5. The highest BCUT2D eigenvalue weighted by atomic mass is 16.5. The van der Waals surface area contributed by atoms with Crippen LogP contribution in [-0.2, 0) is 4.79 Å². The summed E-state index contributed by atoms with van der Waals surface area (Å²) in [6.45, 7) is 1.44. The summed E-state index contributed by atoms with van der Waals surface area (Å²) in [4.78, 5) is 14.5. The molecule has 1 aromatic rings.